The summed E-state index contributed by atoms with van der Waals surface area (Å²) in [6, 6.07) is 9.78. The van der Waals surface area contributed by atoms with E-state index < -0.39 is 17.7 Å². The zero-order valence-corrected chi connectivity index (χ0v) is 19.0. The van der Waals surface area contributed by atoms with Crippen LogP contribution in [0.25, 0.3) is 32.6 Å². The van der Waals surface area contributed by atoms with Crippen molar-refractivity contribution in [2.24, 2.45) is 0 Å². The van der Waals surface area contributed by atoms with Crippen LogP contribution in [0.4, 0.5) is 4.79 Å². The average molecular weight is 434 g/mol. The first-order valence-electron chi connectivity index (χ1n) is 10.6. The van der Waals surface area contributed by atoms with Gasteiger partial charge >= 0.3 is 12.1 Å². The summed E-state index contributed by atoms with van der Waals surface area (Å²) in [7, 11) is 1.38. The van der Waals surface area contributed by atoms with E-state index in [0.29, 0.717) is 24.2 Å². The highest BCUT2D eigenvalue weighted by atomic mass is 16.6. The molecule has 0 fully saturated rings. The SMILES string of the molecule is COC(=O)c1c2ccn(CCNC(=O)OC(C)(C)C)cc2c(C)c2c1nc1ccccc12. The van der Waals surface area contributed by atoms with E-state index in [9.17, 15) is 9.59 Å². The molecule has 4 aromatic rings. The van der Waals surface area contributed by atoms with Gasteiger partial charge in [-0.1, -0.05) is 18.2 Å². The van der Waals surface area contributed by atoms with E-state index in [1.807, 2.05) is 75.0 Å². The summed E-state index contributed by atoms with van der Waals surface area (Å²) < 4.78 is 12.4. The predicted molar refractivity (Wildman–Crippen MR) is 125 cm³/mol. The quantitative estimate of drug-likeness (QED) is 0.460. The third-order valence-electron chi connectivity index (χ3n) is 5.37. The van der Waals surface area contributed by atoms with Crippen molar-refractivity contribution in [2.75, 3.05) is 13.7 Å². The van der Waals surface area contributed by atoms with Crippen LogP contribution in [0.1, 0.15) is 36.7 Å². The van der Waals surface area contributed by atoms with E-state index in [0.717, 1.165) is 32.6 Å². The van der Waals surface area contributed by atoms with Crippen molar-refractivity contribution in [3.63, 3.8) is 0 Å². The molecule has 0 aliphatic heterocycles. The summed E-state index contributed by atoms with van der Waals surface area (Å²) in [5.41, 5.74) is 2.49. The van der Waals surface area contributed by atoms with Crippen LogP contribution in [0.2, 0.25) is 0 Å². The molecule has 0 aliphatic rings. The number of fused-ring (bicyclic) bond motifs is 4. The first kappa shape index (κ1) is 21.6. The molecule has 0 unspecified atom stereocenters. The average Bonchev–Trinajstić information content (AvgIpc) is 3.12. The van der Waals surface area contributed by atoms with Gasteiger partial charge in [-0.05, 0) is 45.4 Å². The monoisotopic (exact) mass is 433 g/mol. The number of methoxy groups -OCH3 is 1. The Morgan fingerprint density at radius 2 is 1.84 bits per heavy atom. The Morgan fingerprint density at radius 1 is 1.09 bits per heavy atom. The zero-order chi connectivity index (χ0) is 23.0. The minimum atomic E-state index is -0.538. The molecule has 0 saturated heterocycles. The van der Waals surface area contributed by atoms with Crippen molar-refractivity contribution in [2.45, 2.75) is 39.8 Å². The lowest BCUT2D eigenvalue weighted by atomic mass is 9.96. The second-order valence-corrected chi connectivity index (χ2v) is 8.78. The molecule has 7 heteroatoms. The van der Waals surface area contributed by atoms with E-state index in [-0.39, 0.29) is 0 Å². The lowest BCUT2D eigenvalue weighted by Gasteiger charge is -2.20. The van der Waals surface area contributed by atoms with Crippen LogP contribution in [-0.4, -0.2) is 40.9 Å². The number of hydrogen-bond donors (Lipinski definition) is 1. The van der Waals surface area contributed by atoms with E-state index >= 15 is 0 Å². The molecule has 0 spiro atoms. The van der Waals surface area contributed by atoms with Crippen LogP contribution >= 0.6 is 0 Å². The lowest BCUT2D eigenvalue weighted by Crippen LogP contribution is -2.34. The number of ether oxygens (including phenoxy) is 2. The van der Waals surface area contributed by atoms with Crippen molar-refractivity contribution < 1.29 is 19.1 Å². The highest BCUT2D eigenvalue weighted by Crippen LogP contribution is 2.37. The van der Waals surface area contributed by atoms with E-state index in [1.165, 1.54) is 7.11 Å². The second-order valence-electron chi connectivity index (χ2n) is 8.78. The Balaban J connectivity index is 1.76. The van der Waals surface area contributed by atoms with E-state index in [2.05, 4.69) is 5.32 Å². The molecular formula is C25H27N3O4. The van der Waals surface area contributed by atoms with Gasteiger partial charge in [-0.25, -0.2) is 14.6 Å². The minimum Gasteiger partial charge on any atom is -0.465 e. The van der Waals surface area contributed by atoms with Crippen LogP contribution in [0.15, 0.2) is 42.7 Å². The Kier molecular flexibility index (Phi) is 5.50. The van der Waals surface area contributed by atoms with Gasteiger partial charge in [-0.15, -0.1) is 0 Å². The molecule has 0 bridgehead atoms. The van der Waals surface area contributed by atoms with Crippen LogP contribution in [-0.2, 0) is 16.0 Å². The standard InChI is InChI=1S/C25H27N3O4/c1-15-18-14-28(13-11-26-24(30)32-25(2,3)4)12-10-16(18)21(23(29)31-5)22-20(15)17-8-6-7-9-19(17)27-22/h6-10,12,14H,11,13H2,1-5H3,(H,26,30). The molecule has 2 aromatic heterocycles. The molecule has 1 N–H and O–H groups in total. The fourth-order valence-electron chi connectivity index (χ4n) is 4.01. The smallest absolute Gasteiger partial charge is 0.407 e. The number of carbonyl (C=O) groups excluding carboxylic acids is 2. The van der Waals surface area contributed by atoms with Crippen molar-refractivity contribution in [1.82, 2.24) is 14.9 Å². The second kappa shape index (κ2) is 8.15. The Bertz CT molecular complexity index is 1350. The van der Waals surface area contributed by atoms with Crippen LogP contribution in [0.3, 0.4) is 0 Å². The van der Waals surface area contributed by atoms with Crippen molar-refractivity contribution >= 4 is 44.6 Å². The first-order chi connectivity index (χ1) is 15.2. The Morgan fingerprint density at radius 3 is 2.56 bits per heavy atom. The normalized spacial score (nSPS) is 11.8. The highest BCUT2D eigenvalue weighted by Gasteiger charge is 2.22. The maximum atomic E-state index is 12.7. The first-order valence-corrected chi connectivity index (χ1v) is 10.6. The van der Waals surface area contributed by atoms with Crippen molar-refractivity contribution in [3.8, 4) is 0 Å². The number of amides is 1. The molecule has 1 amide bonds. The topological polar surface area (TPSA) is 82.5 Å². The fraction of sp³-hybridized carbons (Fsp3) is 0.320. The number of esters is 1. The minimum absolute atomic E-state index is 0.410. The largest absolute Gasteiger partial charge is 0.465 e. The van der Waals surface area contributed by atoms with Crippen molar-refractivity contribution in [3.05, 3.63) is 53.9 Å². The number of nitrogens with zero attached hydrogens (tertiary/aromatic N) is 2. The van der Waals surface area contributed by atoms with Crippen LogP contribution in [0, 0.1) is 6.92 Å². The molecule has 4 rings (SSSR count). The summed E-state index contributed by atoms with van der Waals surface area (Å²) in [5.74, 6) is -0.410. The summed E-state index contributed by atoms with van der Waals surface area (Å²) >= 11 is 0. The van der Waals surface area contributed by atoms with E-state index in [4.69, 9.17) is 14.5 Å². The molecule has 0 saturated carbocycles. The third kappa shape index (κ3) is 3.98. The third-order valence-corrected chi connectivity index (χ3v) is 5.37. The summed E-state index contributed by atoms with van der Waals surface area (Å²) in [4.78, 5) is 29.4. The lowest BCUT2D eigenvalue weighted by molar-refractivity contribution is 0.0524. The van der Waals surface area contributed by atoms with E-state index in [1.54, 1.807) is 0 Å². The molecule has 0 radical (unpaired) electrons. The maximum Gasteiger partial charge on any atom is 0.407 e. The number of nitrogens with one attached hydrogen (secondary N) is 1. The molecule has 2 aromatic carbocycles. The Hall–Kier alpha value is -3.61. The number of aryl methyl sites for hydroxylation is 1. The molecule has 32 heavy (non-hydrogen) atoms. The number of para-hydroxylation sites is 1. The number of rotatable bonds is 4. The molecular weight excluding hydrogens is 406 g/mol. The predicted octanol–water partition coefficient (Wildman–Crippen LogP) is 4.96. The van der Waals surface area contributed by atoms with Crippen molar-refractivity contribution in [1.29, 1.82) is 0 Å². The number of carbonyl (C=O) groups is 2. The Labute approximate surface area is 186 Å². The number of hydrogen-bond acceptors (Lipinski definition) is 5. The number of alkyl carbamates (subject to hydrolysis) is 1. The molecule has 166 valence electrons. The van der Waals surface area contributed by atoms with Gasteiger partial charge in [0, 0.05) is 47.0 Å². The summed E-state index contributed by atoms with van der Waals surface area (Å²) in [6.45, 7) is 8.50. The number of benzene rings is 2. The highest BCUT2D eigenvalue weighted by molar-refractivity contribution is 6.23. The fourth-order valence-corrected chi connectivity index (χ4v) is 4.01. The van der Waals surface area contributed by atoms with Gasteiger partial charge in [0.15, 0.2) is 0 Å². The van der Waals surface area contributed by atoms with Crippen LogP contribution < -0.4 is 5.32 Å². The number of aromatic nitrogens is 2. The molecule has 2 heterocycles. The van der Waals surface area contributed by atoms with Gasteiger partial charge in [-0.3, -0.25) is 0 Å². The molecule has 0 atom stereocenters. The van der Waals surface area contributed by atoms with Gasteiger partial charge in [0.05, 0.1) is 23.7 Å². The van der Waals surface area contributed by atoms with Gasteiger partial charge in [0.1, 0.15) is 5.60 Å². The number of pyridine rings is 1. The molecule has 7 nitrogen and oxygen atoms in total. The zero-order valence-electron chi connectivity index (χ0n) is 19.0. The maximum absolute atomic E-state index is 12.7. The summed E-state index contributed by atoms with van der Waals surface area (Å²) in [6.07, 6.45) is 3.44. The van der Waals surface area contributed by atoms with Gasteiger partial charge in [0.25, 0.3) is 0 Å². The van der Waals surface area contributed by atoms with Gasteiger partial charge in [-0.2, -0.15) is 0 Å². The summed E-state index contributed by atoms with van der Waals surface area (Å²) in [5, 5.41) is 6.47. The van der Waals surface area contributed by atoms with Crippen LogP contribution in [0.5, 0.6) is 0 Å². The molecule has 0 aliphatic carbocycles. The van der Waals surface area contributed by atoms with Gasteiger partial charge < -0.3 is 19.4 Å². The van der Waals surface area contributed by atoms with Gasteiger partial charge in [0.2, 0.25) is 0 Å².